The van der Waals surface area contributed by atoms with Crippen LogP contribution in [0.1, 0.15) is 18.6 Å². The van der Waals surface area contributed by atoms with Gasteiger partial charge >= 0.3 is 18.0 Å². The van der Waals surface area contributed by atoms with Crippen LogP contribution in [-0.4, -0.2) is 66.3 Å². The molecule has 0 bridgehead atoms. The maximum absolute atomic E-state index is 12.4. The zero-order valence-electron chi connectivity index (χ0n) is 14.9. The van der Waals surface area contributed by atoms with E-state index in [0.29, 0.717) is 12.1 Å². The number of hydrogen-bond acceptors (Lipinski definition) is 6. The zero-order chi connectivity index (χ0) is 20.0. The van der Waals surface area contributed by atoms with E-state index in [0.717, 1.165) is 9.80 Å². The van der Waals surface area contributed by atoms with Gasteiger partial charge in [0.05, 0.1) is 0 Å². The number of hydrogen-bond donors (Lipinski definition) is 2. The summed E-state index contributed by atoms with van der Waals surface area (Å²) < 4.78 is 5.18. The minimum Gasteiger partial charge on any atom is -0.446 e. The maximum Gasteiger partial charge on any atom is 0.327 e. The van der Waals surface area contributed by atoms with Gasteiger partial charge in [-0.15, -0.1) is 0 Å². The van der Waals surface area contributed by atoms with Gasteiger partial charge in [0, 0.05) is 19.2 Å². The molecule has 0 radical (unpaired) electrons. The summed E-state index contributed by atoms with van der Waals surface area (Å²) in [5.41, 5.74) is 0.337. The Balaban J connectivity index is 2.11. The number of imide groups is 2. The maximum atomic E-state index is 12.4. The van der Waals surface area contributed by atoms with Gasteiger partial charge in [-0.1, -0.05) is 30.3 Å². The quantitative estimate of drug-likeness (QED) is 0.532. The predicted molar refractivity (Wildman–Crippen MR) is 92.2 cm³/mol. The molecule has 1 fully saturated rings. The van der Waals surface area contributed by atoms with Crippen molar-refractivity contribution in [2.75, 3.05) is 26.7 Å². The van der Waals surface area contributed by atoms with Crippen molar-refractivity contribution in [3.05, 3.63) is 35.9 Å². The van der Waals surface area contributed by atoms with E-state index in [1.165, 1.54) is 7.05 Å². The van der Waals surface area contributed by atoms with Crippen molar-refractivity contribution in [3.8, 4) is 0 Å². The molecule has 1 saturated heterocycles. The Morgan fingerprint density at radius 3 is 2.41 bits per heavy atom. The molecule has 0 aliphatic carbocycles. The molecule has 1 aliphatic rings. The van der Waals surface area contributed by atoms with E-state index < -0.39 is 42.5 Å². The first-order valence-corrected chi connectivity index (χ1v) is 8.22. The molecule has 27 heavy (non-hydrogen) atoms. The standard InChI is InChI=1S/C17H20N4O6/c1-3-18-16(25)19-15(24)14(11-7-5-4-6-8-11)27-13(23)10-21-12(22)9-20(2)17(21)26/h4-8,14H,3,9-10H2,1-2H3,(H2,18,19,24,25)/t14-/m1/s1. The highest BCUT2D eigenvalue weighted by molar-refractivity contribution is 6.04. The van der Waals surface area contributed by atoms with Gasteiger partial charge in [0.1, 0.15) is 13.1 Å². The third-order valence-corrected chi connectivity index (χ3v) is 3.68. The van der Waals surface area contributed by atoms with Gasteiger partial charge in [-0.2, -0.15) is 0 Å². The third kappa shape index (κ3) is 5.03. The minimum atomic E-state index is -1.41. The van der Waals surface area contributed by atoms with E-state index in [9.17, 15) is 24.0 Å². The smallest absolute Gasteiger partial charge is 0.327 e. The molecule has 144 valence electrons. The normalized spacial score (nSPS) is 14.7. The highest BCUT2D eigenvalue weighted by Gasteiger charge is 2.36. The van der Waals surface area contributed by atoms with Crippen molar-refractivity contribution < 1.29 is 28.7 Å². The highest BCUT2D eigenvalue weighted by atomic mass is 16.5. The molecule has 1 aromatic rings. The average Bonchev–Trinajstić information content (AvgIpc) is 2.86. The van der Waals surface area contributed by atoms with Crippen LogP contribution in [0.3, 0.4) is 0 Å². The molecular weight excluding hydrogens is 356 g/mol. The molecule has 6 amide bonds. The SMILES string of the molecule is CCNC(=O)NC(=O)[C@H](OC(=O)CN1C(=O)CN(C)C1=O)c1ccccc1. The summed E-state index contributed by atoms with van der Waals surface area (Å²) in [7, 11) is 1.43. The summed E-state index contributed by atoms with van der Waals surface area (Å²) >= 11 is 0. The molecule has 2 N–H and O–H groups in total. The Bertz CT molecular complexity index is 751. The Morgan fingerprint density at radius 2 is 1.85 bits per heavy atom. The van der Waals surface area contributed by atoms with Gasteiger partial charge in [-0.05, 0) is 6.92 Å². The van der Waals surface area contributed by atoms with Gasteiger partial charge in [0.2, 0.25) is 6.10 Å². The number of urea groups is 2. The number of nitrogens with zero attached hydrogens (tertiary/aromatic N) is 2. The number of esters is 1. The van der Waals surface area contributed by atoms with Gasteiger partial charge < -0.3 is 15.0 Å². The molecular formula is C17H20N4O6. The van der Waals surface area contributed by atoms with Crippen LogP contribution < -0.4 is 10.6 Å². The summed E-state index contributed by atoms with van der Waals surface area (Å²) in [6, 6.07) is 6.73. The molecule has 1 atom stereocenters. The number of likely N-dealkylation sites (N-methyl/N-ethyl adjacent to an activating group) is 1. The van der Waals surface area contributed by atoms with E-state index in [-0.39, 0.29) is 6.54 Å². The Hall–Kier alpha value is -3.43. The molecule has 0 aromatic heterocycles. The molecule has 1 aliphatic heterocycles. The second kappa shape index (κ2) is 8.79. The first-order chi connectivity index (χ1) is 12.8. The van der Waals surface area contributed by atoms with Crippen LogP contribution in [0.5, 0.6) is 0 Å². The number of rotatable bonds is 6. The molecule has 2 rings (SSSR count). The first-order valence-electron chi connectivity index (χ1n) is 8.22. The molecule has 10 heteroatoms. The lowest BCUT2D eigenvalue weighted by Crippen LogP contribution is -2.43. The summed E-state index contributed by atoms with van der Waals surface area (Å²) in [5.74, 6) is -2.34. The topological polar surface area (TPSA) is 125 Å². The fourth-order valence-electron chi connectivity index (χ4n) is 2.41. The van der Waals surface area contributed by atoms with Crippen LogP contribution in [0.2, 0.25) is 0 Å². The average molecular weight is 376 g/mol. The van der Waals surface area contributed by atoms with Crippen LogP contribution in [0.15, 0.2) is 30.3 Å². The van der Waals surface area contributed by atoms with Gasteiger partial charge in [-0.25, -0.2) is 9.59 Å². The number of nitrogens with one attached hydrogen (secondary N) is 2. The lowest BCUT2D eigenvalue weighted by atomic mass is 10.1. The molecule has 0 saturated carbocycles. The van der Waals surface area contributed by atoms with E-state index in [1.54, 1.807) is 37.3 Å². The van der Waals surface area contributed by atoms with E-state index in [4.69, 9.17) is 4.74 Å². The Morgan fingerprint density at radius 1 is 1.19 bits per heavy atom. The monoisotopic (exact) mass is 376 g/mol. The van der Waals surface area contributed by atoms with Crippen LogP contribution in [-0.2, 0) is 19.1 Å². The second-order valence-corrected chi connectivity index (χ2v) is 5.75. The van der Waals surface area contributed by atoms with E-state index in [2.05, 4.69) is 10.6 Å². The minimum absolute atomic E-state index is 0.133. The third-order valence-electron chi connectivity index (χ3n) is 3.68. The second-order valence-electron chi connectivity index (χ2n) is 5.75. The van der Waals surface area contributed by atoms with Gasteiger partial charge in [0.15, 0.2) is 0 Å². The Labute approximate surface area is 155 Å². The summed E-state index contributed by atoms with van der Waals surface area (Å²) in [4.78, 5) is 61.7. The fourth-order valence-corrected chi connectivity index (χ4v) is 2.41. The highest BCUT2D eigenvalue weighted by Crippen LogP contribution is 2.18. The van der Waals surface area contributed by atoms with Crippen molar-refractivity contribution in [1.29, 1.82) is 0 Å². The van der Waals surface area contributed by atoms with E-state index in [1.807, 2.05) is 0 Å². The summed E-state index contributed by atoms with van der Waals surface area (Å²) in [5, 5.41) is 4.48. The Kier molecular flexibility index (Phi) is 6.47. The van der Waals surface area contributed by atoms with Crippen molar-refractivity contribution >= 4 is 29.8 Å². The van der Waals surface area contributed by atoms with Crippen LogP contribution in [0, 0.1) is 0 Å². The number of carbonyl (C=O) groups excluding carboxylic acids is 5. The molecule has 0 spiro atoms. The van der Waals surface area contributed by atoms with Crippen LogP contribution >= 0.6 is 0 Å². The number of ether oxygens (including phenoxy) is 1. The molecule has 1 aromatic carbocycles. The number of carbonyl (C=O) groups is 5. The molecule has 10 nitrogen and oxygen atoms in total. The van der Waals surface area contributed by atoms with Crippen molar-refractivity contribution in [2.24, 2.45) is 0 Å². The van der Waals surface area contributed by atoms with Crippen molar-refractivity contribution in [1.82, 2.24) is 20.4 Å². The zero-order valence-corrected chi connectivity index (χ0v) is 14.9. The van der Waals surface area contributed by atoms with E-state index >= 15 is 0 Å². The molecule has 0 unspecified atom stereocenters. The predicted octanol–water partition coefficient (Wildman–Crippen LogP) is 0.0106. The first kappa shape index (κ1) is 19.9. The lowest BCUT2D eigenvalue weighted by Gasteiger charge is -2.19. The van der Waals surface area contributed by atoms with Crippen LogP contribution in [0.4, 0.5) is 9.59 Å². The van der Waals surface area contributed by atoms with Gasteiger partial charge in [-0.3, -0.25) is 24.6 Å². The van der Waals surface area contributed by atoms with Crippen molar-refractivity contribution in [2.45, 2.75) is 13.0 Å². The molecule has 1 heterocycles. The fraction of sp³-hybridized carbons (Fsp3) is 0.353. The van der Waals surface area contributed by atoms with Crippen molar-refractivity contribution in [3.63, 3.8) is 0 Å². The number of amides is 6. The summed E-state index contributed by atoms with van der Waals surface area (Å²) in [6.07, 6.45) is -1.41. The lowest BCUT2D eigenvalue weighted by molar-refractivity contribution is -0.157. The van der Waals surface area contributed by atoms with Crippen LogP contribution in [0.25, 0.3) is 0 Å². The van der Waals surface area contributed by atoms with Gasteiger partial charge in [0.25, 0.3) is 11.8 Å². The number of benzene rings is 1. The summed E-state index contributed by atoms with van der Waals surface area (Å²) in [6.45, 7) is 1.23. The largest absolute Gasteiger partial charge is 0.446 e.